The van der Waals surface area contributed by atoms with Crippen LogP contribution >= 0.6 is 0 Å². The van der Waals surface area contributed by atoms with Gasteiger partial charge in [-0.3, -0.25) is 9.69 Å². The van der Waals surface area contributed by atoms with Crippen LogP contribution in [0.25, 0.3) is 0 Å². The number of rotatable bonds is 5. The highest BCUT2D eigenvalue weighted by molar-refractivity contribution is 6.13. The number of fused-ring (bicyclic) bond motifs is 7. The zero-order chi connectivity index (χ0) is 20.5. The quantitative estimate of drug-likeness (QED) is 0.588. The maximum absolute atomic E-state index is 13.7. The topological polar surface area (TPSA) is 75.8 Å². The van der Waals surface area contributed by atoms with Gasteiger partial charge in [0.2, 0.25) is 5.78 Å². The van der Waals surface area contributed by atoms with E-state index in [4.69, 9.17) is 9.26 Å². The SMILES string of the molecule is CCCCOc1noc2c1C(=O)C1=C(O)[C@H]3[C@@H](C[C@@]1(C)[C@H]2N(C)C)[C@H]1C=C[C@@H]3C1. The fourth-order valence-electron chi connectivity index (χ4n) is 6.60. The lowest BCUT2D eigenvalue weighted by atomic mass is 9.56. The van der Waals surface area contributed by atoms with Crippen LogP contribution in [0.1, 0.15) is 61.7 Å². The highest BCUT2D eigenvalue weighted by atomic mass is 16.5. The molecule has 5 rings (SSSR count). The van der Waals surface area contributed by atoms with Crippen molar-refractivity contribution < 1.29 is 19.2 Å². The van der Waals surface area contributed by atoms with Gasteiger partial charge < -0.3 is 14.4 Å². The molecule has 2 bridgehead atoms. The van der Waals surface area contributed by atoms with Gasteiger partial charge in [-0.1, -0.05) is 32.4 Å². The number of carbonyl (C=O) groups excluding carboxylic acids is 1. The summed E-state index contributed by atoms with van der Waals surface area (Å²) >= 11 is 0. The standard InChI is InChI=1S/C23H30N2O4/c1-5-6-9-28-22-16-19(27)17-18(26)15-13-8-7-12(10-13)14(15)11-23(17,2)21(25(3)4)20(16)29-24-22/h7-8,12-15,21,26H,5-6,9-11H2,1-4H3/t12-,13+,14-,15+,21-,23+/m0/s1. The molecule has 0 aliphatic heterocycles. The normalized spacial score (nSPS) is 37.1. The number of hydrogen-bond acceptors (Lipinski definition) is 6. The molecule has 0 radical (unpaired) electrons. The molecular weight excluding hydrogens is 368 g/mol. The predicted molar refractivity (Wildman–Crippen MR) is 108 cm³/mol. The molecule has 29 heavy (non-hydrogen) atoms. The van der Waals surface area contributed by atoms with Gasteiger partial charge in [0.25, 0.3) is 5.88 Å². The number of allylic oxidation sites excluding steroid dienone is 3. The van der Waals surface area contributed by atoms with Gasteiger partial charge in [-0.05, 0) is 56.3 Å². The van der Waals surface area contributed by atoms with Crippen molar-refractivity contribution in [2.24, 2.45) is 29.1 Å². The predicted octanol–water partition coefficient (Wildman–Crippen LogP) is 4.31. The fraction of sp³-hybridized carbons (Fsp3) is 0.652. The van der Waals surface area contributed by atoms with Crippen molar-refractivity contribution >= 4 is 5.78 Å². The average molecular weight is 399 g/mol. The number of aliphatic hydroxyl groups is 1. The molecule has 1 saturated carbocycles. The minimum absolute atomic E-state index is 0.0608. The zero-order valence-electron chi connectivity index (χ0n) is 17.6. The van der Waals surface area contributed by atoms with Gasteiger partial charge in [0.1, 0.15) is 11.3 Å². The van der Waals surface area contributed by atoms with Gasteiger partial charge in [-0.15, -0.1) is 0 Å². The van der Waals surface area contributed by atoms with Crippen LogP contribution in [0, 0.1) is 29.1 Å². The summed E-state index contributed by atoms with van der Waals surface area (Å²) in [6, 6.07) is -0.174. The molecule has 156 valence electrons. The monoisotopic (exact) mass is 398 g/mol. The molecule has 4 aliphatic rings. The number of ketones is 1. The van der Waals surface area contributed by atoms with E-state index in [0.717, 1.165) is 25.7 Å². The minimum Gasteiger partial charge on any atom is -0.512 e. The van der Waals surface area contributed by atoms with Gasteiger partial charge in [-0.25, -0.2) is 0 Å². The number of Topliss-reactive ketones (excluding diaryl/α,β-unsaturated/α-hetero) is 1. The smallest absolute Gasteiger partial charge is 0.265 e. The maximum Gasteiger partial charge on any atom is 0.265 e. The van der Waals surface area contributed by atoms with Crippen LogP contribution in [0.15, 0.2) is 28.0 Å². The summed E-state index contributed by atoms with van der Waals surface area (Å²) in [5, 5.41) is 15.5. The Morgan fingerprint density at radius 3 is 2.83 bits per heavy atom. The van der Waals surface area contributed by atoms with E-state index in [0.29, 0.717) is 47.0 Å². The Kier molecular flexibility index (Phi) is 4.21. The number of ether oxygens (including phenoxy) is 1. The van der Waals surface area contributed by atoms with E-state index in [1.807, 2.05) is 14.1 Å². The van der Waals surface area contributed by atoms with Crippen LogP contribution in [0.4, 0.5) is 0 Å². The van der Waals surface area contributed by atoms with Crippen molar-refractivity contribution in [1.29, 1.82) is 0 Å². The molecular formula is C23H30N2O4. The second kappa shape index (κ2) is 6.46. The van der Waals surface area contributed by atoms with Gasteiger partial charge in [0.05, 0.1) is 12.6 Å². The molecule has 6 nitrogen and oxygen atoms in total. The Morgan fingerprint density at radius 1 is 1.34 bits per heavy atom. The van der Waals surface area contributed by atoms with Gasteiger partial charge >= 0.3 is 0 Å². The van der Waals surface area contributed by atoms with E-state index < -0.39 is 5.41 Å². The van der Waals surface area contributed by atoms with Gasteiger partial charge in [0.15, 0.2) is 5.76 Å². The molecule has 1 N–H and O–H groups in total. The summed E-state index contributed by atoms with van der Waals surface area (Å²) in [5.41, 5.74) is 0.433. The summed E-state index contributed by atoms with van der Waals surface area (Å²) in [6.07, 6.45) is 8.37. The van der Waals surface area contributed by atoms with Crippen LogP contribution < -0.4 is 4.74 Å². The molecule has 0 aromatic carbocycles. The van der Waals surface area contributed by atoms with Crippen LogP contribution in [0.3, 0.4) is 0 Å². The van der Waals surface area contributed by atoms with Crippen molar-refractivity contribution in [3.8, 4) is 5.88 Å². The molecule has 1 heterocycles. The fourth-order valence-corrected chi connectivity index (χ4v) is 6.60. The number of unbranched alkanes of at least 4 members (excludes halogenated alkanes) is 1. The molecule has 0 amide bonds. The van der Waals surface area contributed by atoms with E-state index >= 15 is 0 Å². The molecule has 0 unspecified atom stereocenters. The molecule has 6 heteroatoms. The maximum atomic E-state index is 13.7. The summed E-state index contributed by atoms with van der Waals surface area (Å²) in [5.74, 6) is 2.24. The molecule has 6 atom stereocenters. The minimum atomic E-state index is -0.516. The Bertz CT molecular complexity index is 914. The number of aromatic nitrogens is 1. The second-order valence-electron chi connectivity index (χ2n) is 9.64. The number of carbonyl (C=O) groups is 1. The van der Waals surface area contributed by atoms with Crippen LogP contribution in [0.5, 0.6) is 5.88 Å². The first kappa shape index (κ1) is 18.9. The first-order valence-electron chi connectivity index (χ1n) is 10.8. The number of nitrogens with zero attached hydrogens (tertiary/aromatic N) is 2. The zero-order valence-corrected chi connectivity index (χ0v) is 17.6. The lowest BCUT2D eigenvalue weighted by molar-refractivity contribution is 0.0422. The van der Waals surface area contributed by atoms with E-state index in [2.05, 4.69) is 36.1 Å². The number of hydrogen-bond donors (Lipinski definition) is 1. The van der Waals surface area contributed by atoms with Crippen molar-refractivity contribution in [3.05, 3.63) is 34.8 Å². The second-order valence-corrected chi connectivity index (χ2v) is 9.64. The van der Waals surface area contributed by atoms with Gasteiger partial charge in [0, 0.05) is 16.9 Å². The Morgan fingerprint density at radius 2 is 2.10 bits per heavy atom. The lowest BCUT2D eigenvalue weighted by Gasteiger charge is -2.50. The van der Waals surface area contributed by atoms with Crippen molar-refractivity contribution in [2.45, 2.75) is 45.6 Å². The van der Waals surface area contributed by atoms with E-state index in [1.54, 1.807) is 0 Å². The summed E-state index contributed by atoms with van der Waals surface area (Å²) in [7, 11) is 3.99. The first-order valence-corrected chi connectivity index (χ1v) is 10.8. The number of aliphatic hydroxyl groups excluding tert-OH is 1. The third-order valence-corrected chi connectivity index (χ3v) is 7.67. The van der Waals surface area contributed by atoms with Crippen LogP contribution in [0.2, 0.25) is 0 Å². The highest BCUT2D eigenvalue weighted by Crippen LogP contribution is 2.64. The van der Waals surface area contributed by atoms with E-state index in [9.17, 15) is 9.90 Å². The lowest BCUT2D eigenvalue weighted by Crippen LogP contribution is -2.49. The van der Waals surface area contributed by atoms with E-state index in [-0.39, 0.29) is 23.6 Å². The average Bonchev–Trinajstić information content (AvgIpc) is 3.36. The molecule has 1 aromatic heterocycles. The molecule has 0 spiro atoms. The van der Waals surface area contributed by atoms with Crippen molar-refractivity contribution in [3.63, 3.8) is 0 Å². The first-order chi connectivity index (χ1) is 13.9. The third-order valence-electron chi connectivity index (χ3n) is 7.67. The summed E-state index contributed by atoms with van der Waals surface area (Å²) < 4.78 is 11.5. The summed E-state index contributed by atoms with van der Waals surface area (Å²) in [6.45, 7) is 4.69. The molecule has 0 saturated heterocycles. The Hall–Kier alpha value is -2.08. The molecule has 4 aliphatic carbocycles. The van der Waals surface area contributed by atoms with Crippen molar-refractivity contribution in [1.82, 2.24) is 10.1 Å². The van der Waals surface area contributed by atoms with Crippen molar-refractivity contribution in [2.75, 3.05) is 20.7 Å². The van der Waals surface area contributed by atoms with Crippen LogP contribution in [-0.4, -0.2) is 41.6 Å². The van der Waals surface area contributed by atoms with Gasteiger partial charge in [-0.2, -0.15) is 0 Å². The molecule has 1 fully saturated rings. The Balaban J connectivity index is 1.65. The third kappa shape index (κ3) is 2.44. The molecule has 1 aromatic rings. The highest BCUT2D eigenvalue weighted by Gasteiger charge is 2.61. The Labute approximate surface area is 171 Å². The van der Waals surface area contributed by atoms with E-state index in [1.165, 1.54) is 0 Å². The van der Waals surface area contributed by atoms with Crippen LogP contribution in [-0.2, 0) is 0 Å². The summed E-state index contributed by atoms with van der Waals surface area (Å²) in [4.78, 5) is 15.8. The largest absolute Gasteiger partial charge is 0.512 e.